The van der Waals surface area contributed by atoms with Gasteiger partial charge in [0, 0.05) is 19.6 Å². The molecule has 0 aromatic carbocycles. The maximum Gasteiger partial charge on any atom is 0.144 e. The summed E-state index contributed by atoms with van der Waals surface area (Å²) >= 11 is 7.66. The second-order valence-electron chi connectivity index (χ2n) is 5.25. The molecule has 5 heteroatoms. The molecule has 1 N–H and O–H groups in total. The Morgan fingerprint density at radius 3 is 3.00 bits per heavy atom. The molecule has 3 rings (SSSR count). The first-order valence-corrected chi connectivity index (χ1v) is 7.46. The first-order chi connectivity index (χ1) is 8.22. The summed E-state index contributed by atoms with van der Waals surface area (Å²) in [6.07, 6.45) is 3.08. The van der Waals surface area contributed by atoms with E-state index in [4.69, 9.17) is 11.6 Å². The molecule has 94 valence electrons. The summed E-state index contributed by atoms with van der Waals surface area (Å²) in [5, 5.41) is 10.4. The minimum atomic E-state index is -0.0665. The van der Waals surface area contributed by atoms with Gasteiger partial charge in [0.1, 0.15) is 5.15 Å². The van der Waals surface area contributed by atoms with Gasteiger partial charge in [-0.1, -0.05) is 11.6 Å². The number of aliphatic hydroxyl groups excluding tert-OH is 1. The van der Waals surface area contributed by atoms with Crippen LogP contribution in [0.25, 0.3) is 0 Å². The van der Waals surface area contributed by atoms with Crippen LogP contribution in [0.4, 0.5) is 0 Å². The van der Waals surface area contributed by atoms with E-state index in [9.17, 15) is 5.11 Å². The van der Waals surface area contributed by atoms with Crippen LogP contribution in [0.2, 0.25) is 5.15 Å². The number of fused-ring (bicyclic) bond motifs is 1. The van der Waals surface area contributed by atoms with Gasteiger partial charge in [-0.15, -0.1) is 11.3 Å². The van der Waals surface area contributed by atoms with Gasteiger partial charge < -0.3 is 5.11 Å². The molecule has 1 aromatic rings. The zero-order valence-corrected chi connectivity index (χ0v) is 11.3. The lowest BCUT2D eigenvalue weighted by atomic mass is 9.80. The summed E-state index contributed by atoms with van der Waals surface area (Å²) in [6, 6.07) is 0. The van der Waals surface area contributed by atoms with Crippen LogP contribution in [0.3, 0.4) is 0 Å². The van der Waals surface area contributed by atoms with E-state index >= 15 is 0 Å². The van der Waals surface area contributed by atoms with Crippen LogP contribution >= 0.6 is 22.9 Å². The van der Waals surface area contributed by atoms with Crippen LogP contribution in [0.15, 0.2) is 5.51 Å². The van der Waals surface area contributed by atoms with Crippen molar-refractivity contribution in [3.63, 3.8) is 0 Å². The van der Waals surface area contributed by atoms with E-state index in [1.54, 1.807) is 11.3 Å². The van der Waals surface area contributed by atoms with E-state index < -0.39 is 0 Å². The largest absolute Gasteiger partial charge is 0.393 e. The van der Waals surface area contributed by atoms with Crippen molar-refractivity contribution < 1.29 is 5.11 Å². The van der Waals surface area contributed by atoms with E-state index in [0.717, 1.165) is 38.4 Å². The lowest BCUT2D eigenvalue weighted by Crippen LogP contribution is -2.26. The number of hydrogen-bond acceptors (Lipinski definition) is 4. The molecule has 2 aliphatic rings. The highest BCUT2D eigenvalue weighted by atomic mass is 35.5. The molecule has 2 fully saturated rings. The summed E-state index contributed by atoms with van der Waals surface area (Å²) in [5.74, 6) is 1.47. The van der Waals surface area contributed by atoms with Gasteiger partial charge in [0.15, 0.2) is 0 Å². The Kier molecular flexibility index (Phi) is 3.39. The van der Waals surface area contributed by atoms with Crippen LogP contribution in [0.5, 0.6) is 0 Å². The molecular formula is C12H17ClN2OS. The van der Waals surface area contributed by atoms with Crippen molar-refractivity contribution in [1.82, 2.24) is 9.88 Å². The summed E-state index contributed by atoms with van der Waals surface area (Å²) in [4.78, 5) is 7.72. The maximum atomic E-state index is 9.70. The molecule has 2 heterocycles. The number of thiazole rings is 1. The molecule has 3 nitrogen and oxygen atoms in total. The average molecular weight is 273 g/mol. The fraction of sp³-hybridized carbons (Fsp3) is 0.750. The predicted octanol–water partition coefficient (Wildman–Crippen LogP) is 2.39. The number of aliphatic hydroxyl groups is 1. The van der Waals surface area contributed by atoms with E-state index in [-0.39, 0.29) is 6.10 Å². The second kappa shape index (κ2) is 4.84. The van der Waals surface area contributed by atoms with Gasteiger partial charge in [-0.2, -0.15) is 0 Å². The highest BCUT2D eigenvalue weighted by Crippen LogP contribution is 2.37. The van der Waals surface area contributed by atoms with Crippen LogP contribution in [0, 0.1) is 11.8 Å². The van der Waals surface area contributed by atoms with Crippen LogP contribution in [-0.4, -0.2) is 34.2 Å². The molecule has 1 saturated carbocycles. The first kappa shape index (κ1) is 11.9. The predicted molar refractivity (Wildman–Crippen MR) is 69.2 cm³/mol. The monoisotopic (exact) mass is 272 g/mol. The van der Waals surface area contributed by atoms with Crippen molar-refractivity contribution in [2.45, 2.75) is 31.9 Å². The Bertz CT molecular complexity index is 398. The highest BCUT2D eigenvalue weighted by Gasteiger charge is 2.37. The second-order valence-corrected chi connectivity index (χ2v) is 6.54. The standard InChI is InChI=1S/C12H17ClN2OS/c13-12-11(17-7-14-12)6-15-4-8-1-2-10(16)3-9(8)5-15/h7-10,16H,1-6H2. The SMILES string of the molecule is OC1CCC2CN(Cc3scnc3Cl)CC2C1. The van der Waals surface area contributed by atoms with Crippen molar-refractivity contribution in [2.75, 3.05) is 13.1 Å². The van der Waals surface area contributed by atoms with Gasteiger partial charge >= 0.3 is 0 Å². The number of likely N-dealkylation sites (tertiary alicyclic amines) is 1. The highest BCUT2D eigenvalue weighted by molar-refractivity contribution is 7.10. The van der Waals surface area contributed by atoms with Crippen LogP contribution in [0.1, 0.15) is 24.1 Å². The molecule has 0 amide bonds. The molecule has 0 radical (unpaired) electrons. The van der Waals surface area contributed by atoms with E-state index in [0.29, 0.717) is 11.1 Å². The van der Waals surface area contributed by atoms with Gasteiger partial charge in [0.2, 0.25) is 0 Å². The van der Waals surface area contributed by atoms with E-state index in [2.05, 4.69) is 9.88 Å². The Balaban J connectivity index is 1.62. The van der Waals surface area contributed by atoms with E-state index in [1.807, 2.05) is 5.51 Å². The van der Waals surface area contributed by atoms with Crippen molar-refractivity contribution >= 4 is 22.9 Å². The molecule has 1 aromatic heterocycles. The molecule has 3 unspecified atom stereocenters. The van der Waals surface area contributed by atoms with Crippen molar-refractivity contribution in [3.8, 4) is 0 Å². The number of aromatic nitrogens is 1. The van der Waals surface area contributed by atoms with Gasteiger partial charge in [-0.25, -0.2) is 4.98 Å². The Morgan fingerprint density at radius 1 is 1.41 bits per heavy atom. The smallest absolute Gasteiger partial charge is 0.144 e. The average Bonchev–Trinajstić information content (AvgIpc) is 2.85. The minimum Gasteiger partial charge on any atom is -0.393 e. The van der Waals surface area contributed by atoms with Gasteiger partial charge in [-0.05, 0) is 31.1 Å². The molecule has 1 aliphatic heterocycles. The lowest BCUT2D eigenvalue weighted by molar-refractivity contribution is 0.0865. The quantitative estimate of drug-likeness (QED) is 0.898. The number of nitrogens with zero attached hydrogens (tertiary/aromatic N) is 2. The third-order valence-electron chi connectivity index (χ3n) is 4.06. The lowest BCUT2D eigenvalue weighted by Gasteiger charge is -2.27. The van der Waals surface area contributed by atoms with Crippen LogP contribution in [-0.2, 0) is 6.54 Å². The fourth-order valence-corrected chi connectivity index (χ4v) is 4.19. The zero-order chi connectivity index (χ0) is 11.8. The van der Waals surface area contributed by atoms with Crippen LogP contribution < -0.4 is 0 Å². The number of hydrogen-bond donors (Lipinski definition) is 1. The molecule has 1 saturated heterocycles. The third-order valence-corrected chi connectivity index (χ3v) is 5.31. The topological polar surface area (TPSA) is 36.4 Å². The molecule has 1 aliphatic carbocycles. The van der Waals surface area contributed by atoms with E-state index in [1.165, 1.54) is 11.3 Å². The summed E-state index contributed by atoms with van der Waals surface area (Å²) in [5.41, 5.74) is 1.81. The number of rotatable bonds is 2. The summed E-state index contributed by atoms with van der Waals surface area (Å²) in [7, 11) is 0. The summed E-state index contributed by atoms with van der Waals surface area (Å²) in [6.45, 7) is 3.19. The van der Waals surface area contributed by atoms with Crippen molar-refractivity contribution in [1.29, 1.82) is 0 Å². The first-order valence-electron chi connectivity index (χ1n) is 6.20. The normalized spacial score (nSPS) is 33.9. The summed E-state index contributed by atoms with van der Waals surface area (Å²) < 4.78 is 0. The number of halogens is 1. The zero-order valence-electron chi connectivity index (χ0n) is 9.68. The molecular weight excluding hydrogens is 256 g/mol. The van der Waals surface area contributed by atoms with Crippen molar-refractivity contribution in [2.24, 2.45) is 11.8 Å². The third kappa shape index (κ3) is 2.50. The van der Waals surface area contributed by atoms with Gasteiger partial charge in [0.05, 0.1) is 16.5 Å². The Morgan fingerprint density at radius 2 is 2.24 bits per heavy atom. The Hall–Kier alpha value is -0.160. The fourth-order valence-electron chi connectivity index (χ4n) is 3.20. The molecule has 3 atom stereocenters. The van der Waals surface area contributed by atoms with Gasteiger partial charge in [-0.3, -0.25) is 4.90 Å². The maximum absolute atomic E-state index is 9.70. The molecule has 17 heavy (non-hydrogen) atoms. The Labute approximate surface area is 110 Å². The van der Waals surface area contributed by atoms with Gasteiger partial charge in [0.25, 0.3) is 0 Å². The molecule has 0 bridgehead atoms. The van der Waals surface area contributed by atoms with Crippen molar-refractivity contribution in [3.05, 3.63) is 15.5 Å². The molecule has 0 spiro atoms. The minimum absolute atomic E-state index is 0.0665.